The molecular weight excluding hydrogens is 450 g/mol. The molecule has 1 spiro atoms. The molecule has 0 bridgehead atoms. The number of fused-ring (bicyclic) bond motifs is 4. The van der Waals surface area contributed by atoms with Crippen molar-refractivity contribution in [3.8, 4) is 0 Å². The van der Waals surface area contributed by atoms with E-state index in [-0.39, 0.29) is 29.3 Å². The van der Waals surface area contributed by atoms with E-state index in [0.29, 0.717) is 11.4 Å². The molecule has 0 saturated carbocycles. The zero-order chi connectivity index (χ0) is 23.4. The number of nitro groups is 1. The van der Waals surface area contributed by atoms with Crippen LogP contribution in [0.1, 0.15) is 27.4 Å². The smallest absolute Gasteiger partial charge is 0.269 e. The average Bonchev–Trinajstić information content (AvgIpc) is 3.52. The number of thioether (sulfide) groups is 1. The number of amides is 1. The number of nitro benzene ring substituents is 1. The number of para-hydroxylation sites is 1. The predicted octanol–water partition coefficient (Wildman–Crippen LogP) is 4.41. The fourth-order valence-corrected chi connectivity index (χ4v) is 7.33. The van der Waals surface area contributed by atoms with Crippen LogP contribution >= 0.6 is 11.8 Å². The highest BCUT2D eigenvalue weighted by Gasteiger charge is 2.69. The van der Waals surface area contributed by atoms with Gasteiger partial charge in [-0.3, -0.25) is 24.6 Å². The Hall–Kier alpha value is -3.49. The lowest BCUT2D eigenvalue weighted by Crippen LogP contribution is -2.52. The van der Waals surface area contributed by atoms with Crippen molar-refractivity contribution >= 4 is 34.8 Å². The van der Waals surface area contributed by atoms with Crippen molar-refractivity contribution in [2.24, 2.45) is 5.92 Å². The second kappa shape index (κ2) is 7.78. The van der Waals surface area contributed by atoms with Crippen molar-refractivity contribution in [1.29, 1.82) is 0 Å². The molecule has 2 fully saturated rings. The van der Waals surface area contributed by atoms with E-state index >= 15 is 0 Å². The first-order valence-corrected chi connectivity index (χ1v) is 12.3. The van der Waals surface area contributed by atoms with Crippen LogP contribution in [-0.4, -0.2) is 39.2 Å². The number of ketones is 1. The number of benzene rings is 3. The molecule has 34 heavy (non-hydrogen) atoms. The van der Waals surface area contributed by atoms with Gasteiger partial charge in [0.25, 0.3) is 5.69 Å². The summed E-state index contributed by atoms with van der Waals surface area (Å²) in [6.45, 7) is 0. The van der Waals surface area contributed by atoms with Gasteiger partial charge in [0.15, 0.2) is 5.78 Å². The van der Waals surface area contributed by atoms with Gasteiger partial charge in [0, 0.05) is 52.5 Å². The zero-order valence-electron chi connectivity index (χ0n) is 18.1. The third kappa shape index (κ3) is 2.82. The topological polar surface area (TPSA) is 92.5 Å². The van der Waals surface area contributed by atoms with E-state index in [1.807, 2.05) is 42.5 Å². The van der Waals surface area contributed by atoms with Gasteiger partial charge < -0.3 is 5.32 Å². The fourth-order valence-electron chi connectivity index (χ4n) is 6.01. The van der Waals surface area contributed by atoms with Crippen LogP contribution in [-0.2, 0) is 10.3 Å². The second-order valence-electron chi connectivity index (χ2n) is 8.89. The molecule has 3 aromatic carbocycles. The summed E-state index contributed by atoms with van der Waals surface area (Å²) in [6.07, 6.45) is 0. The van der Waals surface area contributed by atoms with Crippen molar-refractivity contribution < 1.29 is 14.5 Å². The Labute approximate surface area is 200 Å². The lowest BCUT2D eigenvalue weighted by molar-refractivity contribution is -0.384. The van der Waals surface area contributed by atoms with Crippen LogP contribution in [0.4, 0.5) is 11.4 Å². The van der Waals surface area contributed by atoms with E-state index in [1.165, 1.54) is 12.1 Å². The maximum Gasteiger partial charge on any atom is 0.269 e. The van der Waals surface area contributed by atoms with Crippen molar-refractivity contribution in [2.75, 3.05) is 16.9 Å². The van der Waals surface area contributed by atoms with Gasteiger partial charge in [0.1, 0.15) is 5.54 Å². The Bertz CT molecular complexity index is 1310. The van der Waals surface area contributed by atoms with E-state index in [9.17, 15) is 19.7 Å². The van der Waals surface area contributed by atoms with Gasteiger partial charge in [-0.1, -0.05) is 60.7 Å². The van der Waals surface area contributed by atoms with Crippen molar-refractivity contribution in [2.45, 2.75) is 17.5 Å². The van der Waals surface area contributed by atoms with Crippen molar-refractivity contribution in [3.63, 3.8) is 0 Å². The number of nitrogens with zero attached hydrogens (tertiary/aromatic N) is 2. The van der Waals surface area contributed by atoms with Gasteiger partial charge in [-0.15, -0.1) is 11.8 Å². The molecule has 8 heteroatoms. The molecule has 4 atom stereocenters. The molecule has 1 amide bonds. The number of nitrogens with one attached hydrogen (secondary N) is 1. The molecular formula is C26H21N3O4S. The van der Waals surface area contributed by atoms with E-state index in [1.54, 1.807) is 36.0 Å². The minimum absolute atomic E-state index is 0.00371. The third-order valence-electron chi connectivity index (χ3n) is 7.36. The van der Waals surface area contributed by atoms with Gasteiger partial charge in [-0.2, -0.15) is 0 Å². The van der Waals surface area contributed by atoms with Crippen LogP contribution < -0.4 is 5.32 Å². The summed E-state index contributed by atoms with van der Waals surface area (Å²) in [5, 5.41) is 14.3. The van der Waals surface area contributed by atoms with Crippen LogP contribution in [0.2, 0.25) is 0 Å². The number of Topliss-reactive ketones (excluding diaryl/α,β-unsaturated/α-hetero) is 1. The van der Waals surface area contributed by atoms with Crippen LogP contribution in [0.5, 0.6) is 0 Å². The van der Waals surface area contributed by atoms with Crippen molar-refractivity contribution in [3.05, 3.63) is 106 Å². The maximum absolute atomic E-state index is 14.2. The quantitative estimate of drug-likeness (QED) is 0.344. The number of hydrogen-bond acceptors (Lipinski definition) is 6. The molecule has 2 saturated heterocycles. The zero-order valence-corrected chi connectivity index (χ0v) is 18.9. The highest BCUT2D eigenvalue weighted by atomic mass is 32.2. The molecule has 0 aromatic heterocycles. The molecule has 6 rings (SSSR count). The molecule has 0 unspecified atom stereocenters. The summed E-state index contributed by atoms with van der Waals surface area (Å²) in [5.74, 6) is 0.174. The third-order valence-corrected chi connectivity index (χ3v) is 8.40. The van der Waals surface area contributed by atoms with Gasteiger partial charge in [-0.25, -0.2) is 0 Å². The van der Waals surface area contributed by atoms with Crippen LogP contribution in [0, 0.1) is 16.0 Å². The van der Waals surface area contributed by atoms with E-state index in [4.69, 9.17) is 0 Å². The standard InChI is InChI=1S/C26H21N3O4S/c30-24(17-6-2-1-3-7-17)23-22(16-10-12-18(13-11-16)29(32)33)21-14-34-15-28(21)26(23)19-8-4-5-9-20(19)27-25(26)31/h1-13,21-23H,14-15H2,(H,27,31)/t21-,22+,23-,26+/m0/s1. The average molecular weight is 472 g/mol. The molecule has 3 heterocycles. The normalized spacial score (nSPS) is 27.4. The molecule has 1 N–H and O–H groups in total. The number of hydrogen-bond donors (Lipinski definition) is 1. The predicted molar refractivity (Wildman–Crippen MR) is 130 cm³/mol. The highest BCUT2D eigenvalue weighted by molar-refractivity contribution is 7.99. The molecule has 3 aliphatic heterocycles. The maximum atomic E-state index is 14.2. The summed E-state index contributed by atoms with van der Waals surface area (Å²) < 4.78 is 0. The number of anilines is 1. The highest BCUT2D eigenvalue weighted by Crippen LogP contribution is 2.61. The molecule has 0 radical (unpaired) electrons. The fraction of sp³-hybridized carbons (Fsp3) is 0.231. The summed E-state index contributed by atoms with van der Waals surface area (Å²) in [4.78, 5) is 41.1. The number of rotatable bonds is 4. The minimum atomic E-state index is -1.13. The van der Waals surface area contributed by atoms with E-state index in [0.717, 1.165) is 22.6 Å². The molecule has 3 aliphatic rings. The van der Waals surface area contributed by atoms with Gasteiger partial charge in [0.05, 0.1) is 10.8 Å². The molecule has 7 nitrogen and oxygen atoms in total. The van der Waals surface area contributed by atoms with Crippen LogP contribution in [0.3, 0.4) is 0 Å². The molecule has 3 aromatic rings. The largest absolute Gasteiger partial charge is 0.324 e. The van der Waals surface area contributed by atoms with Crippen LogP contribution in [0.25, 0.3) is 0 Å². The van der Waals surface area contributed by atoms with Crippen molar-refractivity contribution in [1.82, 2.24) is 4.90 Å². The first-order chi connectivity index (χ1) is 16.5. The Morgan fingerprint density at radius 3 is 2.47 bits per heavy atom. The summed E-state index contributed by atoms with van der Waals surface area (Å²) >= 11 is 1.75. The van der Waals surface area contributed by atoms with Crippen LogP contribution in [0.15, 0.2) is 78.9 Å². The first-order valence-electron chi connectivity index (χ1n) is 11.1. The molecule has 0 aliphatic carbocycles. The monoisotopic (exact) mass is 471 g/mol. The van der Waals surface area contributed by atoms with E-state index in [2.05, 4.69) is 10.2 Å². The van der Waals surface area contributed by atoms with E-state index < -0.39 is 16.4 Å². The lowest BCUT2D eigenvalue weighted by Gasteiger charge is -2.36. The summed E-state index contributed by atoms with van der Waals surface area (Å²) in [5.41, 5.74) is 1.83. The Balaban J connectivity index is 1.59. The number of non-ortho nitro benzene ring substituents is 1. The second-order valence-corrected chi connectivity index (χ2v) is 9.89. The lowest BCUT2D eigenvalue weighted by atomic mass is 9.69. The SMILES string of the molecule is O=C(c1ccccc1)[C@@H]1[C@H](c2ccc([N+](=O)[O-])cc2)[C@@H]2CSCN2[C@@]12C(=O)Nc1ccccc12. The first kappa shape index (κ1) is 21.1. The molecule has 170 valence electrons. The number of carbonyl (C=O) groups is 2. The van der Waals surface area contributed by atoms with Gasteiger partial charge in [-0.05, 0) is 11.6 Å². The number of carbonyl (C=O) groups excluding carboxylic acids is 2. The minimum Gasteiger partial charge on any atom is -0.324 e. The van der Waals surface area contributed by atoms with Gasteiger partial charge in [0.2, 0.25) is 5.91 Å². The Morgan fingerprint density at radius 2 is 1.74 bits per heavy atom. The summed E-state index contributed by atoms with van der Waals surface area (Å²) in [6, 6.07) is 23.1. The Morgan fingerprint density at radius 1 is 1.03 bits per heavy atom. The van der Waals surface area contributed by atoms with Gasteiger partial charge >= 0.3 is 0 Å². The summed E-state index contributed by atoms with van der Waals surface area (Å²) in [7, 11) is 0. The Kier molecular flexibility index (Phi) is 4.82.